The zero-order valence-electron chi connectivity index (χ0n) is 14.0. The molecule has 4 rings (SSSR count). The van der Waals surface area contributed by atoms with E-state index in [9.17, 15) is 4.79 Å². The zero-order chi connectivity index (χ0) is 17.4. The van der Waals surface area contributed by atoms with Crippen molar-refractivity contribution in [1.82, 2.24) is 30.2 Å². The molecule has 2 aromatic heterocycles. The van der Waals surface area contributed by atoms with Crippen LogP contribution in [-0.4, -0.2) is 30.8 Å². The molecule has 2 heterocycles. The Balaban J connectivity index is 1.52. The first-order valence-corrected chi connectivity index (χ1v) is 8.20. The molecule has 8 nitrogen and oxygen atoms in total. The van der Waals surface area contributed by atoms with E-state index in [1.165, 1.54) is 6.33 Å². The second kappa shape index (κ2) is 6.12. The largest absolute Gasteiger partial charge is 0.342 e. The minimum atomic E-state index is -0.254. The van der Waals surface area contributed by atoms with Crippen LogP contribution in [0.3, 0.4) is 0 Å². The number of aryl methyl sites for hydroxylation is 1. The van der Waals surface area contributed by atoms with Crippen LogP contribution in [0.5, 0.6) is 0 Å². The van der Waals surface area contributed by atoms with Gasteiger partial charge in [-0.3, -0.25) is 9.48 Å². The highest BCUT2D eigenvalue weighted by molar-refractivity contribution is 5.95. The lowest BCUT2D eigenvalue weighted by atomic mass is 10.1. The fraction of sp³-hybridized carbons (Fsp3) is 0.353. The molecule has 1 aromatic carbocycles. The van der Waals surface area contributed by atoms with Gasteiger partial charge in [0.25, 0.3) is 5.91 Å². The summed E-state index contributed by atoms with van der Waals surface area (Å²) in [7, 11) is 1.79. The van der Waals surface area contributed by atoms with Crippen LogP contribution in [0.25, 0.3) is 11.4 Å². The lowest BCUT2D eigenvalue weighted by Crippen LogP contribution is -2.28. The highest BCUT2D eigenvalue weighted by atomic mass is 16.5. The Bertz CT molecular complexity index is 911. The highest BCUT2D eigenvalue weighted by Gasteiger charge is 2.29. The lowest BCUT2D eigenvalue weighted by molar-refractivity contribution is 0.0937. The average molecular weight is 338 g/mol. The minimum Gasteiger partial charge on any atom is -0.342 e. The average Bonchev–Trinajstić information content (AvgIpc) is 3.18. The van der Waals surface area contributed by atoms with Crippen molar-refractivity contribution in [3.8, 4) is 11.4 Å². The minimum absolute atomic E-state index is 0.191. The van der Waals surface area contributed by atoms with Crippen LogP contribution in [0.2, 0.25) is 0 Å². The molecular formula is C17H18N6O2. The van der Waals surface area contributed by atoms with E-state index in [0.29, 0.717) is 29.0 Å². The second-order valence-corrected chi connectivity index (χ2v) is 6.25. The van der Waals surface area contributed by atoms with Gasteiger partial charge in [0.2, 0.25) is 11.7 Å². The van der Waals surface area contributed by atoms with Gasteiger partial charge in [-0.15, -0.1) is 0 Å². The quantitative estimate of drug-likeness (QED) is 0.766. The van der Waals surface area contributed by atoms with Gasteiger partial charge in [-0.25, -0.2) is 4.98 Å². The molecule has 1 N–H and O–H groups in total. The number of aromatic nitrogens is 5. The SMILES string of the molecule is C[C@@H](NC(=O)c1cccc(-c2noc(C3CC3)n2)c1)c1ncnn1C. The van der Waals surface area contributed by atoms with E-state index < -0.39 is 0 Å². The summed E-state index contributed by atoms with van der Waals surface area (Å²) in [5, 5.41) is 11.0. The first-order chi connectivity index (χ1) is 12.1. The maximum Gasteiger partial charge on any atom is 0.251 e. The smallest absolute Gasteiger partial charge is 0.251 e. The molecule has 128 valence electrons. The van der Waals surface area contributed by atoms with Gasteiger partial charge >= 0.3 is 0 Å². The van der Waals surface area contributed by atoms with Crippen molar-refractivity contribution < 1.29 is 9.32 Å². The van der Waals surface area contributed by atoms with Crippen molar-refractivity contribution >= 4 is 5.91 Å². The third kappa shape index (κ3) is 3.15. The van der Waals surface area contributed by atoms with E-state index in [0.717, 1.165) is 18.4 Å². The number of hydrogen-bond acceptors (Lipinski definition) is 6. The summed E-state index contributed by atoms with van der Waals surface area (Å²) >= 11 is 0. The van der Waals surface area contributed by atoms with Crippen molar-refractivity contribution in [2.75, 3.05) is 0 Å². The van der Waals surface area contributed by atoms with E-state index in [2.05, 4.69) is 25.5 Å². The number of carbonyl (C=O) groups excluding carboxylic acids is 1. The first kappa shape index (κ1) is 15.5. The summed E-state index contributed by atoms with van der Waals surface area (Å²) in [6.45, 7) is 1.87. The molecule has 1 fully saturated rings. The van der Waals surface area contributed by atoms with E-state index >= 15 is 0 Å². The summed E-state index contributed by atoms with van der Waals surface area (Å²) in [5.41, 5.74) is 1.29. The van der Waals surface area contributed by atoms with E-state index in [1.54, 1.807) is 23.9 Å². The molecule has 1 amide bonds. The van der Waals surface area contributed by atoms with Crippen LogP contribution >= 0.6 is 0 Å². The van der Waals surface area contributed by atoms with Gasteiger partial charge in [-0.2, -0.15) is 10.1 Å². The fourth-order valence-electron chi connectivity index (χ4n) is 2.69. The summed E-state index contributed by atoms with van der Waals surface area (Å²) in [5.74, 6) is 2.10. The second-order valence-electron chi connectivity index (χ2n) is 6.25. The number of nitrogens with one attached hydrogen (secondary N) is 1. The van der Waals surface area contributed by atoms with Gasteiger partial charge < -0.3 is 9.84 Å². The van der Waals surface area contributed by atoms with Crippen molar-refractivity contribution in [1.29, 1.82) is 0 Å². The van der Waals surface area contributed by atoms with Crippen LogP contribution < -0.4 is 5.32 Å². The van der Waals surface area contributed by atoms with Crippen LogP contribution in [-0.2, 0) is 7.05 Å². The Morgan fingerprint density at radius 2 is 2.24 bits per heavy atom. The summed E-state index contributed by atoms with van der Waals surface area (Å²) in [6.07, 6.45) is 3.67. The molecule has 0 bridgehead atoms. The molecule has 0 aliphatic heterocycles. The molecule has 0 spiro atoms. The van der Waals surface area contributed by atoms with Crippen LogP contribution in [0.1, 0.15) is 53.8 Å². The molecule has 1 atom stereocenters. The highest BCUT2D eigenvalue weighted by Crippen LogP contribution is 2.39. The van der Waals surface area contributed by atoms with E-state index in [-0.39, 0.29) is 11.9 Å². The summed E-state index contributed by atoms with van der Waals surface area (Å²) < 4.78 is 6.93. The van der Waals surface area contributed by atoms with Gasteiger partial charge in [-0.1, -0.05) is 17.3 Å². The predicted molar refractivity (Wildman–Crippen MR) is 88.6 cm³/mol. The Hall–Kier alpha value is -3.03. The van der Waals surface area contributed by atoms with Gasteiger partial charge in [0, 0.05) is 24.1 Å². The molecule has 25 heavy (non-hydrogen) atoms. The Kier molecular flexibility index (Phi) is 3.79. The van der Waals surface area contributed by atoms with Gasteiger partial charge in [0.15, 0.2) is 0 Å². The molecule has 0 unspecified atom stereocenters. The molecule has 0 saturated heterocycles. The number of nitrogens with zero attached hydrogens (tertiary/aromatic N) is 5. The number of benzene rings is 1. The molecule has 1 aliphatic carbocycles. The monoisotopic (exact) mass is 338 g/mol. The van der Waals surface area contributed by atoms with Crippen molar-refractivity contribution in [3.05, 3.63) is 47.9 Å². The Morgan fingerprint density at radius 1 is 1.40 bits per heavy atom. The normalized spacial score (nSPS) is 15.1. The topological polar surface area (TPSA) is 98.7 Å². The Labute approximate surface area is 144 Å². The lowest BCUT2D eigenvalue weighted by Gasteiger charge is -2.13. The molecular weight excluding hydrogens is 320 g/mol. The maximum absolute atomic E-state index is 12.5. The fourth-order valence-corrected chi connectivity index (χ4v) is 2.69. The van der Waals surface area contributed by atoms with Crippen molar-refractivity contribution in [2.45, 2.75) is 31.7 Å². The van der Waals surface area contributed by atoms with Crippen molar-refractivity contribution in [3.63, 3.8) is 0 Å². The van der Waals surface area contributed by atoms with Crippen LogP contribution in [0.15, 0.2) is 35.1 Å². The van der Waals surface area contributed by atoms with Crippen LogP contribution in [0, 0.1) is 0 Å². The zero-order valence-corrected chi connectivity index (χ0v) is 14.0. The maximum atomic E-state index is 12.5. The predicted octanol–water partition coefficient (Wildman–Crippen LogP) is 2.23. The molecule has 1 saturated carbocycles. The molecule has 8 heteroatoms. The molecule has 0 radical (unpaired) electrons. The number of carbonyl (C=O) groups is 1. The number of hydrogen-bond donors (Lipinski definition) is 1. The number of amides is 1. The van der Waals surface area contributed by atoms with E-state index in [1.807, 2.05) is 19.1 Å². The van der Waals surface area contributed by atoms with E-state index in [4.69, 9.17) is 4.52 Å². The van der Waals surface area contributed by atoms with Gasteiger partial charge in [0.1, 0.15) is 12.2 Å². The summed E-state index contributed by atoms with van der Waals surface area (Å²) in [4.78, 5) is 21.1. The van der Waals surface area contributed by atoms with Crippen LogP contribution in [0.4, 0.5) is 0 Å². The first-order valence-electron chi connectivity index (χ1n) is 8.20. The van der Waals surface area contributed by atoms with Gasteiger partial charge in [-0.05, 0) is 31.9 Å². The standard InChI is InChI=1S/C17H18N6O2/c1-10(15-18-9-19-23(15)2)20-16(24)13-5-3-4-12(8-13)14-21-17(25-22-14)11-6-7-11/h3-5,8-11H,6-7H2,1-2H3,(H,20,24)/t10-/m1/s1. The molecule has 1 aliphatic rings. The Morgan fingerprint density at radius 3 is 2.96 bits per heavy atom. The third-order valence-corrected chi connectivity index (χ3v) is 4.23. The van der Waals surface area contributed by atoms with Gasteiger partial charge in [0.05, 0.1) is 6.04 Å². The molecule has 3 aromatic rings. The number of rotatable bonds is 5. The summed E-state index contributed by atoms with van der Waals surface area (Å²) in [6, 6.07) is 6.94. The third-order valence-electron chi connectivity index (χ3n) is 4.23. The van der Waals surface area contributed by atoms with Crippen molar-refractivity contribution in [2.24, 2.45) is 7.05 Å².